The van der Waals surface area contributed by atoms with E-state index in [1.165, 1.54) is 89.9 Å². The van der Waals surface area contributed by atoms with Crippen LogP contribution in [0.3, 0.4) is 0 Å². The van der Waals surface area contributed by atoms with Crippen LogP contribution in [0.15, 0.2) is 0 Å². The molecule has 0 aliphatic heterocycles. The van der Waals surface area contributed by atoms with Gasteiger partial charge >= 0.3 is 23.9 Å². The summed E-state index contributed by atoms with van der Waals surface area (Å²) in [5, 5.41) is 0. The molecule has 0 amide bonds. The largest absolute Gasteiger partial charge is 2.00 e. The molecular formula is C24H52S2Sn. The first-order valence-corrected chi connectivity index (χ1v) is 12.6. The molecule has 3 heteroatoms. The van der Waals surface area contributed by atoms with E-state index in [4.69, 9.17) is 25.3 Å². The summed E-state index contributed by atoms with van der Waals surface area (Å²) >= 11 is 9.71. The van der Waals surface area contributed by atoms with Crippen molar-refractivity contribution in [2.24, 2.45) is 0 Å². The average Bonchev–Trinajstić information content (AvgIpc) is 2.63. The summed E-state index contributed by atoms with van der Waals surface area (Å²) in [6, 6.07) is 0. The van der Waals surface area contributed by atoms with Gasteiger partial charge in [-0.05, 0) is 0 Å². The zero-order chi connectivity index (χ0) is 20.7. The summed E-state index contributed by atoms with van der Waals surface area (Å²) in [5.74, 6) is 1.90. The Morgan fingerprint density at radius 3 is 0.815 bits per heavy atom. The Morgan fingerprint density at radius 2 is 0.630 bits per heavy atom. The molecule has 0 heterocycles. The molecule has 4 radical (unpaired) electrons. The maximum Gasteiger partial charge on any atom is 2.00 e. The fourth-order valence-electron chi connectivity index (χ4n) is 2.12. The van der Waals surface area contributed by atoms with E-state index in [-0.39, 0.29) is 23.9 Å². The summed E-state index contributed by atoms with van der Waals surface area (Å²) in [5.41, 5.74) is 0. The van der Waals surface area contributed by atoms with Gasteiger partial charge in [-0.1, -0.05) is 144 Å². The van der Waals surface area contributed by atoms with Crippen LogP contribution in [0, 0.1) is 13.8 Å². The summed E-state index contributed by atoms with van der Waals surface area (Å²) in [7, 11) is 0. The zero-order valence-electron chi connectivity index (χ0n) is 19.5. The second-order valence-electron chi connectivity index (χ2n) is 6.65. The van der Waals surface area contributed by atoms with Crippen LogP contribution in [-0.4, -0.2) is 35.4 Å². The number of rotatable bonds is 14. The molecule has 164 valence electrons. The van der Waals surface area contributed by atoms with Gasteiger partial charge in [0.05, 0.1) is 0 Å². The maximum atomic E-state index is 4.85. The van der Waals surface area contributed by atoms with Gasteiger partial charge in [0.15, 0.2) is 0 Å². The van der Waals surface area contributed by atoms with E-state index >= 15 is 0 Å². The third-order valence-electron chi connectivity index (χ3n) is 3.50. The van der Waals surface area contributed by atoms with Crippen LogP contribution in [0.25, 0.3) is 0 Å². The summed E-state index contributed by atoms with van der Waals surface area (Å²) in [6.45, 7) is 15.5. The number of hydrogen-bond donors (Lipinski definition) is 0. The van der Waals surface area contributed by atoms with Crippen LogP contribution < -0.4 is 0 Å². The van der Waals surface area contributed by atoms with Crippen molar-refractivity contribution >= 4 is 49.2 Å². The van der Waals surface area contributed by atoms with Crippen molar-refractivity contribution in [2.45, 2.75) is 130 Å². The molecule has 0 bridgehead atoms. The van der Waals surface area contributed by atoms with Crippen LogP contribution in [0.2, 0.25) is 0 Å². The van der Waals surface area contributed by atoms with E-state index in [9.17, 15) is 0 Å². The van der Waals surface area contributed by atoms with Gasteiger partial charge in [-0.3, -0.25) is 0 Å². The Hall–Kier alpha value is 1.50. The van der Waals surface area contributed by atoms with E-state index in [1.54, 1.807) is 0 Å². The fourth-order valence-corrected chi connectivity index (χ4v) is 2.53. The van der Waals surface area contributed by atoms with Gasteiger partial charge in [-0.25, -0.2) is 0 Å². The third kappa shape index (κ3) is 74.4. The molecule has 0 aliphatic carbocycles. The fraction of sp³-hybridized carbons (Fsp3) is 0.917. The SMILES string of the molecule is CCCCCCCCC[S-].CCCCCCCCC[S-].[CH2]CC.[CH2]CC.[Sn+2]. The van der Waals surface area contributed by atoms with E-state index in [0.29, 0.717) is 0 Å². The van der Waals surface area contributed by atoms with Gasteiger partial charge in [0.1, 0.15) is 0 Å². The molecular weight excluding hydrogens is 471 g/mol. The predicted octanol–water partition coefficient (Wildman–Crippen LogP) is 8.65. The molecule has 0 aromatic rings. The molecule has 0 saturated carbocycles. The molecule has 0 N–H and O–H groups in total. The Bertz CT molecular complexity index is 132. The summed E-state index contributed by atoms with van der Waals surface area (Å²) < 4.78 is 0. The molecule has 0 spiro atoms. The van der Waals surface area contributed by atoms with Crippen molar-refractivity contribution in [3.63, 3.8) is 0 Å². The van der Waals surface area contributed by atoms with Gasteiger partial charge in [0.2, 0.25) is 0 Å². The standard InChI is InChI=1S/2C9H20S.2C3H7.Sn/c2*1-2-3-4-5-6-7-8-9-10;2*1-3-2;/h2*10H,2-9H2,1H3;2*1,3H2,2H3;/q;;;;+2/p-2. The van der Waals surface area contributed by atoms with Crippen LogP contribution in [-0.2, 0) is 25.3 Å². The molecule has 0 aromatic heterocycles. The average molecular weight is 524 g/mol. The van der Waals surface area contributed by atoms with E-state index in [2.05, 4.69) is 27.7 Å². The second-order valence-corrected chi connectivity index (χ2v) is 7.47. The van der Waals surface area contributed by atoms with Crippen molar-refractivity contribution in [1.82, 2.24) is 0 Å². The van der Waals surface area contributed by atoms with E-state index in [1.807, 2.05) is 13.8 Å². The van der Waals surface area contributed by atoms with Crippen LogP contribution in [0.4, 0.5) is 0 Å². The minimum absolute atomic E-state index is 0. The quantitative estimate of drug-likeness (QED) is 0.127. The molecule has 0 rings (SSSR count). The Kier molecular flexibility index (Phi) is 73.4. The number of hydrogen-bond acceptors (Lipinski definition) is 2. The minimum atomic E-state index is 0. The van der Waals surface area contributed by atoms with Crippen LogP contribution in [0.1, 0.15) is 130 Å². The topological polar surface area (TPSA) is 0 Å². The zero-order valence-corrected chi connectivity index (χ0v) is 23.9. The molecule has 0 atom stereocenters. The Labute approximate surface area is 204 Å². The van der Waals surface area contributed by atoms with Crippen LogP contribution in [0.5, 0.6) is 0 Å². The van der Waals surface area contributed by atoms with Crippen molar-refractivity contribution in [2.75, 3.05) is 11.5 Å². The molecule has 0 fully saturated rings. The molecule has 0 aliphatic rings. The van der Waals surface area contributed by atoms with Gasteiger partial charge in [0, 0.05) is 0 Å². The second kappa shape index (κ2) is 50.8. The first-order valence-electron chi connectivity index (χ1n) is 11.4. The van der Waals surface area contributed by atoms with Gasteiger partial charge in [-0.2, -0.15) is 11.5 Å². The van der Waals surface area contributed by atoms with Crippen molar-refractivity contribution < 1.29 is 0 Å². The Morgan fingerprint density at radius 1 is 0.444 bits per heavy atom. The summed E-state index contributed by atoms with van der Waals surface area (Å²) in [4.78, 5) is 0. The molecule has 0 nitrogen and oxygen atoms in total. The Balaban J connectivity index is -0.0000000899. The predicted molar refractivity (Wildman–Crippen MR) is 138 cm³/mol. The monoisotopic (exact) mass is 524 g/mol. The van der Waals surface area contributed by atoms with Crippen molar-refractivity contribution in [3.8, 4) is 0 Å². The molecule has 27 heavy (non-hydrogen) atoms. The third-order valence-corrected chi connectivity index (χ3v) is 4.07. The van der Waals surface area contributed by atoms with Crippen molar-refractivity contribution in [1.29, 1.82) is 0 Å². The van der Waals surface area contributed by atoms with Crippen molar-refractivity contribution in [3.05, 3.63) is 13.8 Å². The normalized spacial score (nSPS) is 8.89. The first kappa shape index (κ1) is 39.0. The van der Waals surface area contributed by atoms with E-state index < -0.39 is 0 Å². The molecule has 0 aromatic carbocycles. The maximum absolute atomic E-state index is 4.85. The van der Waals surface area contributed by atoms with Gasteiger partial charge in [0.25, 0.3) is 0 Å². The van der Waals surface area contributed by atoms with E-state index in [0.717, 1.165) is 24.3 Å². The summed E-state index contributed by atoms with van der Waals surface area (Å²) in [6.07, 6.45) is 21.2. The van der Waals surface area contributed by atoms with Gasteiger partial charge < -0.3 is 25.3 Å². The van der Waals surface area contributed by atoms with Gasteiger partial charge in [-0.15, -0.1) is 0 Å². The molecule has 0 unspecified atom stereocenters. The molecule has 0 saturated heterocycles. The minimum Gasteiger partial charge on any atom is -0.793 e. The smallest absolute Gasteiger partial charge is 0.793 e. The van der Waals surface area contributed by atoms with Crippen LogP contribution >= 0.6 is 0 Å². The first-order chi connectivity index (χ1) is 12.7. The number of unbranched alkanes of at least 4 members (excludes halogenated alkanes) is 12.